The molecule has 0 saturated carbocycles. The molecule has 0 unspecified atom stereocenters. The van der Waals surface area contributed by atoms with Crippen molar-refractivity contribution in [3.63, 3.8) is 0 Å². The van der Waals surface area contributed by atoms with Gasteiger partial charge in [-0.2, -0.15) is 0 Å². The van der Waals surface area contributed by atoms with Gasteiger partial charge in [-0.05, 0) is 12.8 Å². The number of unbranched alkanes of at least 4 members (excludes halogenated alkanes) is 6. The van der Waals surface area contributed by atoms with Crippen LogP contribution in [0.2, 0.25) is 0 Å². The Morgan fingerprint density at radius 2 is 1.04 bits per heavy atom. The minimum Gasteiger partial charge on any atom is -0.319 e. The van der Waals surface area contributed by atoms with E-state index in [2.05, 4.69) is 74.6 Å². The summed E-state index contributed by atoms with van der Waals surface area (Å²) >= 11 is 0. The van der Waals surface area contributed by atoms with Crippen molar-refractivity contribution in [2.75, 3.05) is 13.6 Å². The number of quaternary nitrogens is 1. The number of hydrogen-bond acceptors (Lipinski definition) is 0. The predicted molar refractivity (Wildman–Crippen MR) is 109 cm³/mol. The fourth-order valence-electron chi connectivity index (χ4n) is 3.71. The Kier molecular flexibility index (Phi) is 8.76. The molecule has 0 bridgehead atoms. The van der Waals surface area contributed by atoms with Crippen molar-refractivity contribution in [1.29, 1.82) is 0 Å². The minimum atomic E-state index is 1.10. The van der Waals surface area contributed by atoms with E-state index in [1.807, 2.05) is 0 Å². The third-order valence-electron chi connectivity index (χ3n) is 5.12. The summed E-state index contributed by atoms with van der Waals surface area (Å²) < 4.78 is 1.10. The summed E-state index contributed by atoms with van der Waals surface area (Å²) in [4.78, 5) is 0. The molecule has 0 atom stereocenters. The highest BCUT2D eigenvalue weighted by molar-refractivity contribution is 5.15. The monoisotopic (exact) mass is 338 g/mol. The van der Waals surface area contributed by atoms with Crippen molar-refractivity contribution in [3.8, 4) is 0 Å². The van der Waals surface area contributed by atoms with E-state index in [0.717, 1.165) is 17.6 Å². The summed E-state index contributed by atoms with van der Waals surface area (Å²) in [7, 11) is 2.43. The van der Waals surface area contributed by atoms with Crippen molar-refractivity contribution in [1.82, 2.24) is 0 Å². The highest BCUT2D eigenvalue weighted by atomic mass is 15.3. The lowest BCUT2D eigenvalue weighted by atomic mass is 10.1. The van der Waals surface area contributed by atoms with Gasteiger partial charge in [0.2, 0.25) is 0 Å². The van der Waals surface area contributed by atoms with Crippen LogP contribution >= 0.6 is 0 Å². The molecule has 2 rings (SSSR count). The molecule has 1 nitrogen and oxygen atoms in total. The van der Waals surface area contributed by atoms with Gasteiger partial charge in [0, 0.05) is 11.1 Å². The molecule has 0 aliphatic rings. The molecule has 0 fully saturated rings. The standard InChI is InChI=1S/C24H36N/c1-3-4-5-6-7-8-15-20-25(2,21-23-16-11-9-12-17-23)22-24-18-13-10-14-19-24/h9-14,16-19H,3-8,15,20-22H2,1-2H3/q+1. The molecule has 0 aliphatic carbocycles. The fraction of sp³-hybridized carbons (Fsp3) is 0.500. The van der Waals surface area contributed by atoms with E-state index in [1.54, 1.807) is 0 Å². The van der Waals surface area contributed by atoms with Crippen LogP contribution in [-0.2, 0) is 13.1 Å². The second-order valence-corrected chi connectivity index (χ2v) is 7.75. The second kappa shape index (κ2) is 11.1. The summed E-state index contributed by atoms with van der Waals surface area (Å²) in [5, 5.41) is 0. The van der Waals surface area contributed by atoms with E-state index in [-0.39, 0.29) is 0 Å². The molecule has 0 N–H and O–H groups in total. The maximum absolute atomic E-state index is 2.43. The van der Waals surface area contributed by atoms with Crippen LogP contribution in [-0.4, -0.2) is 18.1 Å². The summed E-state index contributed by atoms with van der Waals surface area (Å²) in [6.07, 6.45) is 9.67. The quantitative estimate of drug-likeness (QED) is 0.303. The summed E-state index contributed by atoms with van der Waals surface area (Å²) in [5.41, 5.74) is 2.90. The van der Waals surface area contributed by atoms with Gasteiger partial charge in [-0.25, -0.2) is 0 Å². The van der Waals surface area contributed by atoms with Crippen LogP contribution in [0, 0.1) is 0 Å². The van der Waals surface area contributed by atoms with E-state index in [9.17, 15) is 0 Å². The van der Waals surface area contributed by atoms with E-state index in [4.69, 9.17) is 0 Å². The minimum absolute atomic E-state index is 1.10. The lowest BCUT2D eigenvalue weighted by Crippen LogP contribution is -2.43. The lowest BCUT2D eigenvalue weighted by molar-refractivity contribution is -0.935. The molecule has 0 amide bonds. The van der Waals surface area contributed by atoms with Crippen LogP contribution in [0.25, 0.3) is 0 Å². The Hall–Kier alpha value is -1.60. The Labute approximate surface area is 155 Å². The van der Waals surface area contributed by atoms with Gasteiger partial charge in [-0.3, -0.25) is 0 Å². The fourth-order valence-corrected chi connectivity index (χ4v) is 3.71. The number of nitrogens with zero attached hydrogens (tertiary/aromatic N) is 1. The van der Waals surface area contributed by atoms with Gasteiger partial charge in [-0.1, -0.05) is 99.7 Å². The molecule has 0 saturated heterocycles. The normalized spacial score (nSPS) is 11.6. The first-order valence-electron chi connectivity index (χ1n) is 10.1. The zero-order valence-electron chi connectivity index (χ0n) is 16.3. The van der Waals surface area contributed by atoms with Crippen LogP contribution in [0.3, 0.4) is 0 Å². The largest absolute Gasteiger partial charge is 0.319 e. The first-order valence-corrected chi connectivity index (χ1v) is 10.1. The van der Waals surface area contributed by atoms with Crippen LogP contribution in [0.5, 0.6) is 0 Å². The van der Waals surface area contributed by atoms with Gasteiger partial charge in [0.25, 0.3) is 0 Å². The molecule has 2 aromatic rings. The van der Waals surface area contributed by atoms with Crippen LogP contribution in [0.1, 0.15) is 63.0 Å². The molecule has 0 aromatic heterocycles. The highest BCUT2D eigenvalue weighted by Gasteiger charge is 2.22. The smallest absolute Gasteiger partial charge is 0.104 e. The van der Waals surface area contributed by atoms with Gasteiger partial charge in [0.15, 0.2) is 0 Å². The average Bonchev–Trinajstić information content (AvgIpc) is 2.62. The van der Waals surface area contributed by atoms with Crippen molar-refractivity contribution in [3.05, 3.63) is 71.8 Å². The Balaban J connectivity index is 1.89. The Morgan fingerprint density at radius 1 is 0.600 bits per heavy atom. The van der Waals surface area contributed by atoms with Gasteiger partial charge in [0.05, 0.1) is 13.6 Å². The van der Waals surface area contributed by atoms with Gasteiger partial charge < -0.3 is 4.48 Å². The second-order valence-electron chi connectivity index (χ2n) is 7.75. The third kappa shape index (κ3) is 7.88. The molecule has 0 aliphatic heterocycles. The highest BCUT2D eigenvalue weighted by Crippen LogP contribution is 2.19. The van der Waals surface area contributed by atoms with Crippen molar-refractivity contribution < 1.29 is 4.48 Å². The molecule has 1 heteroatoms. The molecular formula is C24H36N+. The van der Waals surface area contributed by atoms with Gasteiger partial charge in [0.1, 0.15) is 13.1 Å². The first kappa shape index (κ1) is 19.7. The van der Waals surface area contributed by atoms with E-state index >= 15 is 0 Å². The molecular weight excluding hydrogens is 302 g/mol. The predicted octanol–water partition coefficient (Wildman–Crippen LogP) is 6.58. The zero-order valence-corrected chi connectivity index (χ0v) is 16.3. The van der Waals surface area contributed by atoms with Gasteiger partial charge >= 0.3 is 0 Å². The number of rotatable bonds is 12. The summed E-state index contributed by atoms with van der Waals surface area (Å²) in [6.45, 7) is 5.78. The van der Waals surface area contributed by atoms with Crippen LogP contribution in [0.15, 0.2) is 60.7 Å². The molecule has 2 aromatic carbocycles. The average molecular weight is 339 g/mol. The topological polar surface area (TPSA) is 0 Å². The zero-order chi connectivity index (χ0) is 17.8. The van der Waals surface area contributed by atoms with Crippen molar-refractivity contribution in [2.24, 2.45) is 0 Å². The number of benzene rings is 2. The van der Waals surface area contributed by atoms with Gasteiger partial charge in [-0.15, -0.1) is 0 Å². The van der Waals surface area contributed by atoms with E-state index in [0.29, 0.717) is 0 Å². The molecule has 25 heavy (non-hydrogen) atoms. The molecule has 0 radical (unpaired) electrons. The Morgan fingerprint density at radius 3 is 1.52 bits per heavy atom. The van der Waals surface area contributed by atoms with Crippen LogP contribution in [0.4, 0.5) is 0 Å². The molecule has 136 valence electrons. The first-order chi connectivity index (χ1) is 12.2. The molecule has 0 heterocycles. The van der Waals surface area contributed by atoms with E-state index < -0.39 is 0 Å². The van der Waals surface area contributed by atoms with E-state index in [1.165, 1.54) is 62.6 Å². The maximum Gasteiger partial charge on any atom is 0.104 e. The molecule has 0 spiro atoms. The number of hydrogen-bond donors (Lipinski definition) is 0. The van der Waals surface area contributed by atoms with Crippen molar-refractivity contribution >= 4 is 0 Å². The SMILES string of the molecule is CCCCCCCCC[N+](C)(Cc1ccccc1)Cc1ccccc1. The lowest BCUT2D eigenvalue weighted by Gasteiger charge is -2.35. The summed E-state index contributed by atoms with van der Waals surface area (Å²) in [6, 6.07) is 22.0. The van der Waals surface area contributed by atoms with Crippen molar-refractivity contribution in [2.45, 2.75) is 65.0 Å². The Bertz CT molecular complexity index is 520. The maximum atomic E-state index is 2.43. The summed E-state index contributed by atoms with van der Waals surface area (Å²) in [5.74, 6) is 0. The van der Waals surface area contributed by atoms with Crippen LogP contribution < -0.4 is 0 Å². The third-order valence-corrected chi connectivity index (χ3v) is 5.12.